The average Bonchev–Trinajstić information content (AvgIpc) is 2.21. The number of aliphatic hydroxyl groups is 1. The van der Waals surface area contributed by atoms with Gasteiger partial charge in [-0.05, 0) is 24.1 Å². The maximum Gasteiger partial charge on any atom is 0.418 e. The molecule has 0 saturated heterocycles. The zero-order valence-corrected chi connectivity index (χ0v) is 9.45. The number of rotatable bonds is 3. The molecule has 0 aliphatic rings. The van der Waals surface area contributed by atoms with Crippen LogP contribution in [0, 0.1) is 6.92 Å². The summed E-state index contributed by atoms with van der Waals surface area (Å²) >= 11 is 0. The van der Waals surface area contributed by atoms with Gasteiger partial charge in [-0.15, -0.1) is 0 Å². The maximum absolute atomic E-state index is 12.6. The van der Waals surface area contributed by atoms with Crippen LogP contribution in [0.15, 0.2) is 12.1 Å². The second-order valence-electron chi connectivity index (χ2n) is 3.93. The summed E-state index contributed by atoms with van der Waals surface area (Å²) in [5.41, 5.74) is 4.18. The van der Waals surface area contributed by atoms with Crippen molar-refractivity contribution < 1.29 is 28.2 Å². The maximum atomic E-state index is 12.6. The third-order valence-electron chi connectivity index (χ3n) is 2.47. The highest BCUT2D eigenvalue weighted by Gasteiger charge is 2.34. The molecular formula is C11H12F3NO3. The largest absolute Gasteiger partial charge is 0.479 e. The molecule has 0 bridgehead atoms. The van der Waals surface area contributed by atoms with Gasteiger partial charge in [-0.25, -0.2) is 4.79 Å². The van der Waals surface area contributed by atoms with Gasteiger partial charge >= 0.3 is 12.1 Å². The van der Waals surface area contributed by atoms with Gasteiger partial charge in [0.1, 0.15) is 0 Å². The molecule has 18 heavy (non-hydrogen) atoms. The van der Waals surface area contributed by atoms with Gasteiger partial charge in [-0.1, -0.05) is 6.07 Å². The van der Waals surface area contributed by atoms with Crippen molar-refractivity contribution in [2.75, 3.05) is 5.73 Å². The second kappa shape index (κ2) is 4.85. The lowest BCUT2D eigenvalue weighted by Crippen LogP contribution is -2.22. The molecule has 7 heteroatoms. The highest BCUT2D eigenvalue weighted by Crippen LogP contribution is 2.36. The van der Waals surface area contributed by atoms with E-state index in [0.29, 0.717) is 0 Å². The predicted octanol–water partition coefficient (Wildman–Crippen LogP) is 1.58. The number of nitrogens with two attached hydrogens (primary N) is 1. The standard InChI is InChI=1S/C11H12F3NO3/c1-5-2-6(4-8(16)10(17)18)3-7(9(5)15)11(12,13)14/h2-3,8,16H,4,15H2,1H3,(H,17,18). The van der Waals surface area contributed by atoms with Gasteiger partial charge in [0.15, 0.2) is 6.10 Å². The number of alkyl halides is 3. The van der Waals surface area contributed by atoms with Crippen molar-refractivity contribution in [1.29, 1.82) is 0 Å². The fraction of sp³-hybridized carbons (Fsp3) is 0.364. The van der Waals surface area contributed by atoms with Gasteiger partial charge in [-0.3, -0.25) is 0 Å². The number of aliphatic carboxylic acids is 1. The first kappa shape index (κ1) is 14.3. The number of carbonyl (C=O) groups is 1. The Kier molecular flexibility index (Phi) is 3.85. The topological polar surface area (TPSA) is 83.5 Å². The van der Waals surface area contributed by atoms with Gasteiger partial charge in [0, 0.05) is 12.1 Å². The SMILES string of the molecule is Cc1cc(CC(O)C(=O)O)cc(C(F)(F)F)c1N. The van der Waals surface area contributed by atoms with E-state index in [4.69, 9.17) is 15.9 Å². The highest BCUT2D eigenvalue weighted by atomic mass is 19.4. The number of hydrogen-bond donors (Lipinski definition) is 3. The molecule has 1 aromatic carbocycles. The molecular weight excluding hydrogens is 251 g/mol. The summed E-state index contributed by atoms with van der Waals surface area (Å²) < 4.78 is 37.9. The normalized spacial score (nSPS) is 13.4. The fourth-order valence-corrected chi connectivity index (χ4v) is 1.54. The molecule has 4 N–H and O–H groups in total. The number of carboxylic acids is 1. The van der Waals surface area contributed by atoms with Crippen LogP contribution in [-0.4, -0.2) is 22.3 Å². The van der Waals surface area contributed by atoms with E-state index in [0.717, 1.165) is 6.07 Å². The molecule has 1 aromatic rings. The van der Waals surface area contributed by atoms with Crippen LogP contribution in [0.2, 0.25) is 0 Å². The van der Waals surface area contributed by atoms with E-state index in [9.17, 15) is 18.0 Å². The molecule has 0 spiro atoms. The molecule has 0 radical (unpaired) electrons. The minimum absolute atomic E-state index is 0.0731. The van der Waals surface area contributed by atoms with Crippen molar-refractivity contribution in [3.05, 3.63) is 28.8 Å². The number of benzene rings is 1. The van der Waals surface area contributed by atoms with E-state index in [1.165, 1.54) is 13.0 Å². The molecule has 0 amide bonds. The quantitative estimate of drug-likeness (QED) is 0.723. The van der Waals surface area contributed by atoms with E-state index < -0.39 is 35.9 Å². The van der Waals surface area contributed by atoms with Crippen LogP contribution in [0.1, 0.15) is 16.7 Å². The average molecular weight is 263 g/mol. The van der Waals surface area contributed by atoms with Crippen molar-refractivity contribution in [2.45, 2.75) is 25.6 Å². The zero-order chi connectivity index (χ0) is 14.1. The summed E-state index contributed by atoms with van der Waals surface area (Å²) in [6, 6.07) is 2.09. The van der Waals surface area contributed by atoms with E-state index in [1.54, 1.807) is 0 Å². The summed E-state index contributed by atoms with van der Waals surface area (Å²) in [6.45, 7) is 1.39. The molecule has 0 fully saturated rings. The van der Waals surface area contributed by atoms with E-state index in [1.807, 2.05) is 0 Å². The Morgan fingerprint density at radius 1 is 1.44 bits per heavy atom. The molecule has 100 valence electrons. The van der Waals surface area contributed by atoms with Gasteiger partial charge in [0.2, 0.25) is 0 Å². The monoisotopic (exact) mass is 263 g/mol. The van der Waals surface area contributed by atoms with Crippen molar-refractivity contribution in [3.63, 3.8) is 0 Å². The van der Waals surface area contributed by atoms with Crippen LogP contribution in [0.25, 0.3) is 0 Å². The molecule has 4 nitrogen and oxygen atoms in total. The highest BCUT2D eigenvalue weighted by molar-refractivity contribution is 5.72. The first-order valence-corrected chi connectivity index (χ1v) is 5.00. The van der Waals surface area contributed by atoms with Crippen LogP contribution in [-0.2, 0) is 17.4 Å². The van der Waals surface area contributed by atoms with Crippen LogP contribution in [0.4, 0.5) is 18.9 Å². The lowest BCUT2D eigenvalue weighted by molar-refractivity contribution is -0.146. The van der Waals surface area contributed by atoms with Crippen molar-refractivity contribution in [3.8, 4) is 0 Å². The Balaban J connectivity index is 3.17. The minimum atomic E-state index is -4.61. The third kappa shape index (κ3) is 3.13. The summed E-state index contributed by atoms with van der Waals surface area (Å²) in [5.74, 6) is -1.49. The number of halogens is 3. The van der Waals surface area contributed by atoms with Gasteiger partial charge in [0.05, 0.1) is 5.56 Å². The Morgan fingerprint density at radius 2 is 2.00 bits per heavy atom. The number of hydrogen-bond acceptors (Lipinski definition) is 3. The summed E-state index contributed by atoms with van der Waals surface area (Å²) in [5, 5.41) is 17.6. The lowest BCUT2D eigenvalue weighted by atomic mass is 9.99. The number of aryl methyl sites for hydroxylation is 1. The van der Waals surface area contributed by atoms with E-state index in [-0.39, 0.29) is 11.1 Å². The zero-order valence-electron chi connectivity index (χ0n) is 9.45. The van der Waals surface area contributed by atoms with Crippen molar-refractivity contribution in [2.24, 2.45) is 0 Å². The molecule has 0 aromatic heterocycles. The molecule has 1 rings (SSSR count). The first-order chi connectivity index (χ1) is 8.12. The van der Waals surface area contributed by atoms with Gasteiger partial charge < -0.3 is 15.9 Å². The van der Waals surface area contributed by atoms with E-state index >= 15 is 0 Å². The molecule has 0 saturated carbocycles. The Hall–Kier alpha value is -1.76. The molecule has 0 aliphatic carbocycles. The molecule has 1 atom stereocenters. The Labute approximate surface area is 101 Å². The smallest absolute Gasteiger partial charge is 0.418 e. The summed E-state index contributed by atoms with van der Waals surface area (Å²) in [4.78, 5) is 10.4. The van der Waals surface area contributed by atoms with Crippen molar-refractivity contribution >= 4 is 11.7 Å². The summed E-state index contributed by atoms with van der Waals surface area (Å²) in [6.07, 6.45) is -6.76. The van der Waals surface area contributed by atoms with Gasteiger partial charge in [0.25, 0.3) is 0 Å². The minimum Gasteiger partial charge on any atom is -0.479 e. The van der Waals surface area contributed by atoms with Crippen LogP contribution in [0.5, 0.6) is 0 Å². The third-order valence-corrected chi connectivity index (χ3v) is 2.47. The molecule has 0 heterocycles. The lowest BCUT2D eigenvalue weighted by Gasteiger charge is -2.15. The Bertz CT molecular complexity index is 471. The number of anilines is 1. The van der Waals surface area contributed by atoms with Crippen LogP contribution >= 0.6 is 0 Å². The van der Waals surface area contributed by atoms with E-state index in [2.05, 4.69) is 0 Å². The predicted molar refractivity (Wildman–Crippen MR) is 57.9 cm³/mol. The first-order valence-electron chi connectivity index (χ1n) is 5.00. The number of nitrogen functional groups attached to an aromatic ring is 1. The van der Waals surface area contributed by atoms with Crippen molar-refractivity contribution in [1.82, 2.24) is 0 Å². The summed E-state index contributed by atoms with van der Waals surface area (Å²) in [7, 11) is 0. The second-order valence-corrected chi connectivity index (χ2v) is 3.93. The van der Waals surface area contributed by atoms with Gasteiger partial charge in [-0.2, -0.15) is 13.2 Å². The number of aliphatic hydroxyl groups excluding tert-OH is 1. The van der Waals surface area contributed by atoms with Crippen LogP contribution in [0.3, 0.4) is 0 Å². The molecule has 0 aliphatic heterocycles. The molecule has 1 unspecified atom stereocenters. The fourth-order valence-electron chi connectivity index (χ4n) is 1.54. The Morgan fingerprint density at radius 3 is 2.44 bits per heavy atom. The number of carboxylic acid groups (broad SMARTS) is 1. The van der Waals surface area contributed by atoms with Crippen LogP contribution < -0.4 is 5.73 Å².